The number of hydrogen-bond acceptors (Lipinski definition) is 3. The Labute approximate surface area is 124 Å². The summed E-state index contributed by atoms with van der Waals surface area (Å²) in [5.74, 6) is -1.72. The summed E-state index contributed by atoms with van der Waals surface area (Å²) in [6.07, 6.45) is 0.785. The van der Waals surface area contributed by atoms with Gasteiger partial charge in [-0.2, -0.15) is 4.31 Å². The van der Waals surface area contributed by atoms with Crippen LogP contribution in [0.5, 0.6) is 0 Å². The average molecular weight is 366 g/mol. The zero-order valence-electron chi connectivity index (χ0n) is 10.6. The van der Waals surface area contributed by atoms with E-state index in [4.69, 9.17) is 5.11 Å². The van der Waals surface area contributed by atoms with E-state index in [0.717, 1.165) is 10.4 Å². The first-order chi connectivity index (χ1) is 9.25. The fourth-order valence-electron chi connectivity index (χ4n) is 2.31. The summed E-state index contributed by atoms with van der Waals surface area (Å²) in [6, 6.07) is 1.24. The first-order valence-electron chi connectivity index (χ1n) is 5.95. The molecular formula is C12H13BrFNO4S. The highest BCUT2D eigenvalue weighted by atomic mass is 79.9. The Bertz CT molecular complexity index is 662. The van der Waals surface area contributed by atoms with Crippen LogP contribution in [0.4, 0.5) is 4.39 Å². The van der Waals surface area contributed by atoms with E-state index >= 15 is 0 Å². The van der Waals surface area contributed by atoms with Crippen LogP contribution in [-0.2, 0) is 14.8 Å². The van der Waals surface area contributed by atoms with E-state index in [0.29, 0.717) is 6.42 Å². The predicted octanol–water partition coefficient (Wildman–Crippen LogP) is 2.13. The molecule has 0 unspecified atom stereocenters. The van der Waals surface area contributed by atoms with Crippen LogP contribution in [0.1, 0.15) is 18.4 Å². The van der Waals surface area contributed by atoms with Gasteiger partial charge in [0.2, 0.25) is 10.0 Å². The first kappa shape index (κ1) is 15.4. The van der Waals surface area contributed by atoms with Crippen LogP contribution in [0.3, 0.4) is 0 Å². The number of carboxylic acids is 1. The van der Waals surface area contributed by atoms with E-state index in [2.05, 4.69) is 15.9 Å². The second kappa shape index (κ2) is 5.42. The van der Waals surface area contributed by atoms with Crippen molar-refractivity contribution in [2.75, 3.05) is 6.54 Å². The smallest absolute Gasteiger partial charge is 0.322 e. The molecule has 1 heterocycles. The molecule has 0 bridgehead atoms. The lowest BCUT2D eigenvalue weighted by Gasteiger charge is -2.22. The fraction of sp³-hybridized carbons (Fsp3) is 0.417. The van der Waals surface area contributed by atoms with Gasteiger partial charge in [-0.3, -0.25) is 4.79 Å². The third-order valence-electron chi connectivity index (χ3n) is 3.29. The summed E-state index contributed by atoms with van der Waals surface area (Å²) in [7, 11) is -3.95. The van der Waals surface area contributed by atoms with E-state index in [1.165, 1.54) is 13.0 Å². The Kier molecular flexibility index (Phi) is 4.17. The van der Waals surface area contributed by atoms with Crippen molar-refractivity contribution in [2.24, 2.45) is 0 Å². The molecule has 1 atom stereocenters. The second-order valence-electron chi connectivity index (χ2n) is 4.64. The molecule has 2 rings (SSSR count). The van der Waals surface area contributed by atoms with Gasteiger partial charge in [0.1, 0.15) is 11.9 Å². The standard InChI is InChI=1S/C12H13BrFNO4S/c1-7-5-9(14)8(13)6-11(7)20(18,19)15-4-2-3-10(15)12(16)17/h5-6,10H,2-4H2,1H3,(H,16,17)/t10-/m1/s1. The maximum absolute atomic E-state index is 13.4. The molecule has 20 heavy (non-hydrogen) atoms. The van der Waals surface area contributed by atoms with Crippen LogP contribution in [0.25, 0.3) is 0 Å². The van der Waals surface area contributed by atoms with Gasteiger partial charge in [0.05, 0.1) is 9.37 Å². The number of hydrogen-bond donors (Lipinski definition) is 1. The van der Waals surface area contributed by atoms with Gasteiger partial charge in [-0.05, 0) is 53.4 Å². The van der Waals surface area contributed by atoms with Crippen molar-refractivity contribution in [3.8, 4) is 0 Å². The molecule has 0 radical (unpaired) electrons. The number of aliphatic carboxylic acids is 1. The van der Waals surface area contributed by atoms with Crippen molar-refractivity contribution < 1.29 is 22.7 Å². The molecule has 110 valence electrons. The Morgan fingerprint density at radius 2 is 2.15 bits per heavy atom. The number of nitrogens with zero attached hydrogens (tertiary/aromatic N) is 1. The summed E-state index contributed by atoms with van der Waals surface area (Å²) in [5, 5.41) is 9.09. The molecule has 0 amide bonds. The van der Waals surface area contributed by atoms with Gasteiger partial charge in [0.15, 0.2) is 0 Å². The summed E-state index contributed by atoms with van der Waals surface area (Å²) in [6.45, 7) is 1.64. The molecule has 1 fully saturated rings. The Balaban J connectivity index is 2.50. The number of halogens is 2. The molecule has 1 aliphatic rings. The van der Waals surface area contributed by atoms with Gasteiger partial charge in [0.25, 0.3) is 0 Å². The van der Waals surface area contributed by atoms with Gasteiger partial charge in [0, 0.05) is 6.54 Å². The number of aryl methyl sites for hydroxylation is 1. The highest BCUT2D eigenvalue weighted by molar-refractivity contribution is 9.10. The summed E-state index contributed by atoms with van der Waals surface area (Å²) in [4.78, 5) is 11.1. The topological polar surface area (TPSA) is 74.7 Å². The van der Waals surface area contributed by atoms with Gasteiger partial charge < -0.3 is 5.11 Å². The molecule has 0 saturated carbocycles. The molecule has 1 aliphatic heterocycles. The molecule has 1 aromatic carbocycles. The number of carboxylic acid groups (broad SMARTS) is 1. The largest absolute Gasteiger partial charge is 0.480 e. The summed E-state index contributed by atoms with van der Waals surface area (Å²) < 4.78 is 39.5. The van der Waals surface area contributed by atoms with Gasteiger partial charge in [-0.25, -0.2) is 12.8 Å². The van der Waals surface area contributed by atoms with Crippen LogP contribution in [-0.4, -0.2) is 36.4 Å². The molecular weight excluding hydrogens is 353 g/mol. The lowest BCUT2D eigenvalue weighted by molar-refractivity contribution is -0.140. The van der Waals surface area contributed by atoms with Gasteiger partial charge in [-0.1, -0.05) is 0 Å². The van der Waals surface area contributed by atoms with E-state index in [1.807, 2.05) is 0 Å². The highest BCUT2D eigenvalue weighted by Crippen LogP contribution is 2.30. The lowest BCUT2D eigenvalue weighted by atomic mass is 10.2. The SMILES string of the molecule is Cc1cc(F)c(Br)cc1S(=O)(=O)N1CCC[C@@H]1C(=O)O. The van der Waals surface area contributed by atoms with E-state index in [9.17, 15) is 17.6 Å². The molecule has 1 saturated heterocycles. The van der Waals surface area contributed by atoms with Crippen LogP contribution in [0, 0.1) is 12.7 Å². The van der Waals surface area contributed by atoms with Crippen LogP contribution >= 0.6 is 15.9 Å². The molecule has 0 aliphatic carbocycles. The minimum Gasteiger partial charge on any atom is -0.480 e. The first-order valence-corrected chi connectivity index (χ1v) is 8.18. The fourth-order valence-corrected chi connectivity index (χ4v) is 4.69. The van der Waals surface area contributed by atoms with Crippen molar-refractivity contribution >= 4 is 31.9 Å². The molecule has 1 aromatic rings. The van der Waals surface area contributed by atoms with Crippen molar-refractivity contribution in [2.45, 2.75) is 30.7 Å². The quantitative estimate of drug-likeness (QED) is 0.890. The zero-order chi connectivity index (χ0) is 15.1. The maximum Gasteiger partial charge on any atom is 0.322 e. The van der Waals surface area contributed by atoms with E-state index in [-0.39, 0.29) is 27.9 Å². The van der Waals surface area contributed by atoms with Crippen LogP contribution in [0.2, 0.25) is 0 Å². The Hall–Kier alpha value is -0.990. The van der Waals surface area contributed by atoms with Crippen molar-refractivity contribution in [3.63, 3.8) is 0 Å². The maximum atomic E-state index is 13.4. The highest BCUT2D eigenvalue weighted by Gasteiger charge is 2.40. The minimum atomic E-state index is -3.95. The molecule has 5 nitrogen and oxygen atoms in total. The number of sulfonamides is 1. The minimum absolute atomic E-state index is 0.0350. The predicted molar refractivity (Wildman–Crippen MR) is 73.4 cm³/mol. The normalized spacial score (nSPS) is 20.2. The number of carbonyl (C=O) groups is 1. The number of rotatable bonds is 3. The van der Waals surface area contributed by atoms with Crippen molar-refractivity contribution in [1.82, 2.24) is 4.31 Å². The van der Waals surface area contributed by atoms with Gasteiger partial charge >= 0.3 is 5.97 Å². The van der Waals surface area contributed by atoms with E-state index in [1.54, 1.807) is 0 Å². The summed E-state index contributed by atoms with van der Waals surface area (Å²) in [5.41, 5.74) is 0.252. The Morgan fingerprint density at radius 1 is 1.50 bits per heavy atom. The molecule has 0 spiro atoms. The summed E-state index contributed by atoms with van der Waals surface area (Å²) >= 11 is 2.95. The third-order valence-corrected chi connectivity index (χ3v) is 5.95. The molecule has 1 N–H and O–H groups in total. The number of benzene rings is 1. The lowest BCUT2D eigenvalue weighted by Crippen LogP contribution is -2.40. The monoisotopic (exact) mass is 365 g/mol. The van der Waals surface area contributed by atoms with Crippen LogP contribution < -0.4 is 0 Å². The third kappa shape index (κ3) is 2.59. The molecule has 0 aromatic heterocycles. The van der Waals surface area contributed by atoms with Gasteiger partial charge in [-0.15, -0.1) is 0 Å². The van der Waals surface area contributed by atoms with Crippen LogP contribution in [0.15, 0.2) is 21.5 Å². The second-order valence-corrected chi connectivity index (χ2v) is 7.36. The van der Waals surface area contributed by atoms with Crippen molar-refractivity contribution in [1.29, 1.82) is 0 Å². The average Bonchev–Trinajstić information content (AvgIpc) is 2.83. The molecule has 8 heteroatoms. The van der Waals surface area contributed by atoms with E-state index < -0.39 is 27.9 Å². The van der Waals surface area contributed by atoms with Crippen molar-refractivity contribution in [3.05, 3.63) is 28.0 Å². The Morgan fingerprint density at radius 3 is 2.75 bits per heavy atom. The zero-order valence-corrected chi connectivity index (χ0v) is 13.0.